The molecule has 0 aliphatic heterocycles. The quantitative estimate of drug-likeness (QED) is 0.528. The maximum absolute atomic E-state index is 8.56. The number of hydrogen-bond donors (Lipinski definition) is 1. The first-order valence-corrected chi connectivity index (χ1v) is 6.66. The minimum atomic E-state index is 0.262. The first kappa shape index (κ1) is 21.4. The lowest BCUT2D eigenvalue weighted by Crippen LogP contribution is -1.87. The molecule has 0 aliphatic rings. The molecule has 0 radical (unpaired) electrons. The molecule has 0 bridgehead atoms. The van der Waals surface area contributed by atoms with Crippen LogP contribution in [0.5, 0.6) is 0 Å². The predicted molar refractivity (Wildman–Crippen MR) is 80.7 cm³/mol. The zero-order valence-electron chi connectivity index (χ0n) is 12.6. The number of aliphatic hydroxyl groups is 1. The van der Waals surface area contributed by atoms with Crippen LogP contribution in [0.1, 0.15) is 60.8 Å². The van der Waals surface area contributed by atoms with Crippen molar-refractivity contribution < 1.29 is 5.11 Å². The van der Waals surface area contributed by atoms with Gasteiger partial charge in [0.2, 0.25) is 0 Å². The van der Waals surface area contributed by atoms with Gasteiger partial charge < -0.3 is 5.11 Å². The summed E-state index contributed by atoms with van der Waals surface area (Å²) >= 11 is 0. The first-order chi connectivity index (χ1) is 8.20. The Morgan fingerprint density at radius 1 is 1.18 bits per heavy atom. The SMILES string of the molecule is C=C(C=N/C(C)=C\C)CCCCO.CC.CC. The molecule has 0 amide bonds. The molecule has 2 heteroatoms. The minimum absolute atomic E-state index is 0.262. The average molecular weight is 241 g/mol. The second kappa shape index (κ2) is 20.5. The van der Waals surface area contributed by atoms with Crippen molar-refractivity contribution in [1.82, 2.24) is 0 Å². The maximum Gasteiger partial charge on any atom is 0.0431 e. The molecule has 0 fully saturated rings. The lowest BCUT2D eigenvalue weighted by molar-refractivity contribution is 0.285. The van der Waals surface area contributed by atoms with Crippen LogP contribution in [-0.4, -0.2) is 17.9 Å². The van der Waals surface area contributed by atoms with Crippen LogP contribution in [0.25, 0.3) is 0 Å². The second-order valence-electron chi connectivity index (χ2n) is 3.03. The molecule has 0 aromatic heterocycles. The summed E-state index contributed by atoms with van der Waals surface area (Å²) in [6.45, 7) is 16.1. The summed E-state index contributed by atoms with van der Waals surface area (Å²) in [4.78, 5) is 4.20. The van der Waals surface area contributed by atoms with E-state index in [1.165, 1.54) is 0 Å². The number of allylic oxidation sites excluding steroid dienone is 3. The highest BCUT2D eigenvalue weighted by atomic mass is 16.2. The highest BCUT2D eigenvalue weighted by Gasteiger charge is 1.90. The molecular weight excluding hydrogens is 210 g/mol. The van der Waals surface area contributed by atoms with E-state index in [0.717, 1.165) is 30.5 Å². The van der Waals surface area contributed by atoms with Crippen LogP contribution in [0, 0.1) is 0 Å². The summed E-state index contributed by atoms with van der Waals surface area (Å²) in [6, 6.07) is 0. The van der Waals surface area contributed by atoms with E-state index in [2.05, 4.69) is 11.6 Å². The van der Waals surface area contributed by atoms with E-state index in [-0.39, 0.29) is 6.61 Å². The number of aliphatic hydroxyl groups excluding tert-OH is 1. The van der Waals surface area contributed by atoms with E-state index >= 15 is 0 Å². The Morgan fingerprint density at radius 3 is 2.12 bits per heavy atom. The molecule has 0 unspecified atom stereocenters. The monoisotopic (exact) mass is 241 g/mol. The predicted octanol–water partition coefficient (Wildman–Crippen LogP) is 4.75. The average Bonchev–Trinajstić information content (AvgIpc) is 2.41. The third-order valence-electron chi connectivity index (χ3n) is 1.77. The highest BCUT2D eigenvalue weighted by Crippen LogP contribution is 2.03. The van der Waals surface area contributed by atoms with Crippen molar-refractivity contribution in [3.05, 3.63) is 23.9 Å². The van der Waals surface area contributed by atoms with Gasteiger partial charge in [0.25, 0.3) is 0 Å². The summed E-state index contributed by atoms with van der Waals surface area (Å²) in [5.41, 5.74) is 2.03. The zero-order chi connectivity index (χ0) is 14.1. The second-order valence-corrected chi connectivity index (χ2v) is 3.03. The van der Waals surface area contributed by atoms with Crippen molar-refractivity contribution in [2.24, 2.45) is 4.99 Å². The van der Waals surface area contributed by atoms with Crippen LogP contribution < -0.4 is 0 Å². The van der Waals surface area contributed by atoms with Crippen molar-refractivity contribution in [2.75, 3.05) is 6.61 Å². The third kappa shape index (κ3) is 21.0. The van der Waals surface area contributed by atoms with Gasteiger partial charge in [0.05, 0.1) is 0 Å². The number of hydrogen-bond acceptors (Lipinski definition) is 2. The number of nitrogens with zero attached hydrogens (tertiary/aromatic N) is 1. The van der Waals surface area contributed by atoms with E-state index in [9.17, 15) is 0 Å². The summed E-state index contributed by atoms with van der Waals surface area (Å²) in [6.07, 6.45) is 6.50. The van der Waals surface area contributed by atoms with Crippen LogP contribution in [0.2, 0.25) is 0 Å². The fourth-order valence-corrected chi connectivity index (χ4v) is 0.796. The van der Waals surface area contributed by atoms with Crippen molar-refractivity contribution in [1.29, 1.82) is 0 Å². The van der Waals surface area contributed by atoms with Gasteiger partial charge in [0.15, 0.2) is 0 Å². The fourth-order valence-electron chi connectivity index (χ4n) is 0.796. The molecule has 0 spiro atoms. The molecule has 0 saturated heterocycles. The summed E-state index contributed by atoms with van der Waals surface area (Å²) in [7, 11) is 0. The van der Waals surface area contributed by atoms with E-state index in [1.54, 1.807) is 6.21 Å². The Bertz CT molecular complexity index is 205. The van der Waals surface area contributed by atoms with E-state index in [1.807, 2.05) is 47.6 Å². The molecule has 0 rings (SSSR count). The Labute approximate surface area is 108 Å². The molecule has 0 aliphatic carbocycles. The van der Waals surface area contributed by atoms with Crippen molar-refractivity contribution in [3.8, 4) is 0 Å². The first-order valence-electron chi connectivity index (χ1n) is 6.66. The van der Waals surface area contributed by atoms with Gasteiger partial charge in [-0.05, 0) is 38.7 Å². The van der Waals surface area contributed by atoms with Crippen LogP contribution in [0.4, 0.5) is 0 Å². The van der Waals surface area contributed by atoms with Crippen molar-refractivity contribution in [2.45, 2.75) is 60.8 Å². The van der Waals surface area contributed by atoms with Gasteiger partial charge in [-0.2, -0.15) is 0 Å². The maximum atomic E-state index is 8.56. The van der Waals surface area contributed by atoms with Gasteiger partial charge in [0.1, 0.15) is 0 Å². The lowest BCUT2D eigenvalue weighted by atomic mass is 10.1. The molecule has 0 heterocycles. The van der Waals surface area contributed by atoms with Gasteiger partial charge in [0, 0.05) is 18.5 Å². The summed E-state index contributed by atoms with van der Waals surface area (Å²) < 4.78 is 0. The van der Waals surface area contributed by atoms with Crippen molar-refractivity contribution in [3.63, 3.8) is 0 Å². The van der Waals surface area contributed by atoms with Crippen molar-refractivity contribution >= 4 is 6.21 Å². The molecule has 0 aromatic rings. The number of unbranched alkanes of at least 4 members (excludes halogenated alkanes) is 1. The van der Waals surface area contributed by atoms with Gasteiger partial charge in [-0.3, -0.25) is 4.99 Å². The highest BCUT2D eigenvalue weighted by molar-refractivity contribution is 5.78. The molecule has 102 valence electrons. The Hall–Kier alpha value is -0.890. The topological polar surface area (TPSA) is 32.6 Å². The number of aliphatic imine (C=N–C) groups is 1. The minimum Gasteiger partial charge on any atom is -0.396 e. The molecule has 0 atom stereocenters. The van der Waals surface area contributed by atoms with E-state index in [0.29, 0.717) is 0 Å². The zero-order valence-corrected chi connectivity index (χ0v) is 12.6. The van der Waals surface area contributed by atoms with Gasteiger partial charge in [-0.25, -0.2) is 0 Å². The lowest BCUT2D eigenvalue weighted by Gasteiger charge is -1.97. The Kier molecular flexibility index (Phi) is 25.8. The van der Waals surface area contributed by atoms with Gasteiger partial charge in [-0.1, -0.05) is 40.3 Å². The molecule has 0 aromatic carbocycles. The third-order valence-corrected chi connectivity index (χ3v) is 1.77. The normalized spacial score (nSPS) is 10.2. The van der Waals surface area contributed by atoms with Gasteiger partial charge in [-0.15, -0.1) is 0 Å². The molecular formula is C15H31NO. The fraction of sp³-hybridized carbons (Fsp3) is 0.667. The molecule has 2 nitrogen and oxygen atoms in total. The molecule has 17 heavy (non-hydrogen) atoms. The Morgan fingerprint density at radius 2 is 1.71 bits per heavy atom. The number of rotatable bonds is 6. The smallest absolute Gasteiger partial charge is 0.0431 e. The van der Waals surface area contributed by atoms with Crippen LogP contribution in [0.3, 0.4) is 0 Å². The van der Waals surface area contributed by atoms with Crippen LogP contribution >= 0.6 is 0 Å². The Balaban J connectivity index is -0.000000439. The van der Waals surface area contributed by atoms with Crippen LogP contribution in [-0.2, 0) is 0 Å². The largest absolute Gasteiger partial charge is 0.396 e. The van der Waals surface area contributed by atoms with Gasteiger partial charge >= 0.3 is 0 Å². The molecule has 1 N–H and O–H groups in total. The van der Waals surface area contributed by atoms with Crippen LogP contribution in [0.15, 0.2) is 28.9 Å². The summed E-state index contributed by atoms with van der Waals surface area (Å²) in [5.74, 6) is 0. The van der Waals surface area contributed by atoms with E-state index in [4.69, 9.17) is 5.11 Å². The standard InChI is InChI=1S/C11H19NO.2C2H6/c1-4-11(3)12-9-10(2)7-5-6-8-13;2*1-2/h4,9,13H,2,5-8H2,1,3H3;2*1-2H3/b11-4-,12-9?;;. The summed E-state index contributed by atoms with van der Waals surface area (Å²) in [5, 5.41) is 8.56. The molecule has 0 saturated carbocycles. The van der Waals surface area contributed by atoms with E-state index < -0.39 is 0 Å².